The molecule has 4 rings (SSSR count). The van der Waals surface area contributed by atoms with Gasteiger partial charge in [0.1, 0.15) is 0 Å². The van der Waals surface area contributed by atoms with Crippen LogP contribution in [-0.2, 0) is 11.3 Å². The van der Waals surface area contributed by atoms with E-state index in [0.29, 0.717) is 11.8 Å². The number of carbonyl (C=O) groups is 1. The number of amides is 1. The number of nitrogens with zero attached hydrogens (tertiary/aromatic N) is 4. The quantitative estimate of drug-likeness (QED) is 0.741. The molecule has 2 aliphatic heterocycles. The third-order valence-electron chi connectivity index (χ3n) is 6.50. The molecule has 1 aromatic carbocycles. The van der Waals surface area contributed by atoms with E-state index in [2.05, 4.69) is 52.2 Å². The van der Waals surface area contributed by atoms with Crippen LogP contribution in [0.4, 0.5) is 0 Å². The number of piperidine rings is 1. The summed E-state index contributed by atoms with van der Waals surface area (Å²) in [4.78, 5) is 16.9. The monoisotopic (exact) mass is 394 g/mol. The van der Waals surface area contributed by atoms with Gasteiger partial charge in [-0.2, -0.15) is 5.10 Å². The molecule has 2 aromatic rings. The van der Waals surface area contributed by atoms with E-state index in [4.69, 9.17) is 0 Å². The Labute approximate surface area is 174 Å². The number of hydrogen-bond donors (Lipinski definition) is 0. The molecule has 0 N–H and O–H groups in total. The lowest BCUT2D eigenvalue weighted by Crippen LogP contribution is -2.34. The summed E-state index contributed by atoms with van der Waals surface area (Å²) in [6.07, 6.45) is 6.61. The zero-order valence-electron chi connectivity index (χ0n) is 17.9. The highest BCUT2D eigenvalue weighted by molar-refractivity contribution is 5.76. The summed E-state index contributed by atoms with van der Waals surface area (Å²) < 4.78 is 2.03. The summed E-state index contributed by atoms with van der Waals surface area (Å²) in [6.45, 7) is 9.36. The van der Waals surface area contributed by atoms with Crippen molar-refractivity contribution in [3.63, 3.8) is 0 Å². The fourth-order valence-corrected chi connectivity index (χ4v) is 4.82. The third-order valence-corrected chi connectivity index (χ3v) is 6.50. The molecule has 0 unspecified atom stereocenters. The number of benzene rings is 1. The zero-order valence-corrected chi connectivity index (χ0v) is 17.9. The van der Waals surface area contributed by atoms with Gasteiger partial charge in [0.25, 0.3) is 0 Å². The highest BCUT2D eigenvalue weighted by atomic mass is 16.2. The average molecular weight is 395 g/mol. The van der Waals surface area contributed by atoms with E-state index in [1.165, 1.54) is 36.9 Å². The van der Waals surface area contributed by atoms with Gasteiger partial charge in [-0.05, 0) is 88.7 Å². The summed E-state index contributed by atoms with van der Waals surface area (Å²) >= 11 is 0. The van der Waals surface area contributed by atoms with Crippen molar-refractivity contribution >= 4 is 5.91 Å². The Balaban J connectivity index is 1.26. The van der Waals surface area contributed by atoms with Gasteiger partial charge in [-0.3, -0.25) is 9.69 Å². The van der Waals surface area contributed by atoms with E-state index in [0.717, 1.165) is 56.9 Å². The third kappa shape index (κ3) is 5.08. The molecule has 1 aromatic heterocycles. The fourth-order valence-electron chi connectivity index (χ4n) is 4.82. The van der Waals surface area contributed by atoms with Gasteiger partial charge in [-0.1, -0.05) is 12.1 Å². The van der Waals surface area contributed by atoms with E-state index in [9.17, 15) is 4.79 Å². The van der Waals surface area contributed by atoms with Gasteiger partial charge in [0.15, 0.2) is 0 Å². The van der Waals surface area contributed by atoms with Crippen LogP contribution in [0.3, 0.4) is 0 Å². The van der Waals surface area contributed by atoms with Crippen LogP contribution in [0.5, 0.6) is 0 Å². The zero-order chi connectivity index (χ0) is 20.2. The van der Waals surface area contributed by atoms with Gasteiger partial charge in [-0.15, -0.1) is 0 Å². The lowest BCUT2D eigenvalue weighted by Gasteiger charge is -2.32. The Morgan fingerprint density at radius 1 is 1.07 bits per heavy atom. The van der Waals surface area contributed by atoms with Crippen LogP contribution in [-0.4, -0.2) is 51.7 Å². The summed E-state index contributed by atoms with van der Waals surface area (Å²) in [5.74, 6) is 1.09. The number of likely N-dealkylation sites (tertiary alicyclic amines) is 2. The second-order valence-corrected chi connectivity index (χ2v) is 8.85. The summed E-state index contributed by atoms with van der Waals surface area (Å²) in [6, 6.07) is 10.9. The molecular weight excluding hydrogens is 360 g/mol. The summed E-state index contributed by atoms with van der Waals surface area (Å²) in [5, 5.41) is 4.61. The molecule has 2 fully saturated rings. The molecule has 0 spiro atoms. The first-order valence-electron chi connectivity index (χ1n) is 11.2. The van der Waals surface area contributed by atoms with Crippen molar-refractivity contribution in [2.24, 2.45) is 5.92 Å². The molecule has 0 bridgehead atoms. The van der Waals surface area contributed by atoms with Crippen molar-refractivity contribution in [3.05, 3.63) is 47.3 Å². The van der Waals surface area contributed by atoms with E-state index in [1.54, 1.807) is 0 Å². The molecule has 5 nitrogen and oxygen atoms in total. The van der Waals surface area contributed by atoms with Crippen LogP contribution in [0.2, 0.25) is 0 Å². The molecule has 0 atom stereocenters. The predicted octanol–water partition coefficient (Wildman–Crippen LogP) is 4.10. The highest BCUT2D eigenvalue weighted by Gasteiger charge is 2.22. The van der Waals surface area contributed by atoms with Crippen LogP contribution >= 0.6 is 0 Å². The van der Waals surface area contributed by atoms with Crippen LogP contribution in [0.15, 0.2) is 30.3 Å². The smallest absolute Gasteiger partial charge is 0.222 e. The molecule has 2 saturated heterocycles. The molecular formula is C24H34N4O. The van der Waals surface area contributed by atoms with Crippen LogP contribution in [0.1, 0.15) is 55.5 Å². The lowest BCUT2D eigenvalue weighted by atomic mass is 9.91. The lowest BCUT2D eigenvalue weighted by molar-refractivity contribution is -0.130. The van der Waals surface area contributed by atoms with E-state index < -0.39 is 0 Å². The number of carbonyl (C=O) groups excluding carboxylic acids is 1. The van der Waals surface area contributed by atoms with Crippen molar-refractivity contribution < 1.29 is 4.79 Å². The largest absolute Gasteiger partial charge is 0.343 e. The van der Waals surface area contributed by atoms with Crippen molar-refractivity contribution in [2.45, 2.75) is 58.9 Å². The number of aromatic nitrogens is 2. The van der Waals surface area contributed by atoms with Gasteiger partial charge < -0.3 is 4.90 Å². The van der Waals surface area contributed by atoms with Crippen molar-refractivity contribution in [3.8, 4) is 5.69 Å². The molecule has 0 saturated carbocycles. The molecule has 3 heterocycles. The minimum atomic E-state index is 0.380. The fraction of sp³-hybridized carbons (Fsp3) is 0.583. The number of aryl methyl sites for hydroxylation is 2. The molecule has 0 aliphatic carbocycles. The Morgan fingerprint density at radius 3 is 2.52 bits per heavy atom. The highest BCUT2D eigenvalue weighted by Crippen LogP contribution is 2.24. The maximum absolute atomic E-state index is 12.3. The normalized spacial score (nSPS) is 18.5. The topological polar surface area (TPSA) is 41.4 Å². The first-order valence-corrected chi connectivity index (χ1v) is 11.2. The van der Waals surface area contributed by atoms with Gasteiger partial charge in [0, 0.05) is 31.7 Å². The average Bonchev–Trinajstić information content (AvgIpc) is 3.37. The van der Waals surface area contributed by atoms with E-state index >= 15 is 0 Å². The second kappa shape index (κ2) is 9.12. The summed E-state index contributed by atoms with van der Waals surface area (Å²) in [7, 11) is 0. The molecule has 156 valence electrons. The van der Waals surface area contributed by atoms with Crippen molar-refractivity contribution in [2.75, 3.05) is 26.2 Å². The molecule has 1 amide bonds. The Bertz CT molecular complexity index is 829. The molecule has 5 heteroatoms. The van der Waals surface area contributed by atoms with Crippen LogP contribution in [0.25, 0.3) is 5.69 Å². The maximum Gasteiger partial charge on any atom is 0.222 e. The first kappa shape index (κ1) is 20.1. The van der Waals surface area contributed by atoms with Crippen LogP contribution < -0.4 is 0 Å². The maximum atomic E-state index is 12.3. The van der Waals surface area contributed by atoms with Crippen molar-refractivity contribution in [1.82, 2.24) is 19.6 Å². The number of hydrogen-bond acceptors (Lipinski definition) is 3. The second-order valence-electron chi connectivity index (χ2n) is 8.85. The standard InChI is InChI=1S/C24H34N4O/c1-19-16-20(2)28(25-19)23-7-5-6-22(17-23)18-26-14-10-21(11-15-26)8-9-24(29)27-12-3-4-13-27/h5-7,16-17,21H,3-4,8-15,18H2,1-2H3. The van der Waals surface area contributed by atoms with Crippen molar-refractivity contribution in [1.29, 1.82) is 0 Å². The SMILES string of the molecule is Cc1cc(C)n(-c2cccc(CN3CCC(CCC(=O)N4CCCC4)CC3)c2)n1. The van der Waals surface area contributed by atoms with E-state index in [-0.39, 0.29) is 0 Å². The van der Waals surface area contributed by atoms with E-state index in [1.807, 2.05) is 11.6 Å². The van der Waals surface area contributed by atoms with Gasteiger partial charge >= 0.3 is 0 Å². The summed E-state index contributed by atoms with van der Waals surface area (Å²) in [5.41, 5.74) is 4.71. The van der Waals surface area contributed by atoms with Crippen LogP contribution in [0, 0.1) is 19.8 Å². The van der Waals surface area contributed by atoms with Gasteiger partial charge in [-0.25, -0.2) is 4.68 Å². The minimum Gasteiger partial charge on any atom is -0.343 e. The Kier molecular flexibility index (Phi) is 6.34. The predicted molar refractivity (Wildman–Crippen MR) is 116 cm³/mol. The van der Waals surface area contributed by atoms with Gasteiger partial charge in [0.2, 0.25) is 5.91 Å². The van der Waals surface area contributed by atoms with Gasteiger partial charge in [0.05, 0.1) is 11.4 Å². The Hall–Kier alpha value is -2.14. The number of rotatable bonds is 6. The molecule has 0 radical (unpaired) electrons. The Morgan fingerprint density at radius 2 is 1.83 bits per heavy atom. The first-order chi connectivity index (χ1) is 14.1. The molecule has 2 aliphatic rings. The molecule has 29 heavy (non-hydrogen) atoms. The minimum absolute atomic E-state index is 0.380.